The molecule has 0 saturated heterocycles. The Kier molecular flexibility index (Phi) is 4.30. The number of carboxylic acid groups (broad SMARTS) is 1. The molecular formula is C12H19N3O3. The standard InChI is InChI=1S/C12H19N3O3/c1-2-6-18-7-5-11-14-13-10-4-3-9(12(16)17)8-15(10)11/h9H,2-8H2,1H3,(H,16,17). The molecule has 0 amide bonds. The molecule has 1 atom stereocenters. The van der Waals surface area contributed by atoms with Crippen LogP contribution in [0.5, 0.6) is 0 Å². The van der Waals surface area contributed by atoms with E-state index in [1.165, 1.54) is 0 Å². The van der Waals surface area contributed by atoms with Crippen molar-refractivity contribution in [3.63, 3.8) is 0 Å². The third-order valence-electron chi connectivity index (χ3n) is 3.19. The number of carbonyl (C=O) groups is 1. The van der Waals surface area contributed by atoms with Crippen LogP contribution in [0.2, 0.25) is 0 Å². The van der Waals surface area contributed by atoms with E-state index in [2.05, 4.69) is 17.1 Å². The van der Waals surface area contributed by atoms with E-state index < -0.39 is 5.97 Å². The molecule has 1 aromatic rings. The van der Waals surface area contributed by atoms with E-state index in [0.29, 0.717) is 32.4 Å². The van der Waals surface area contributed by atoms with Crippen molar-refractivity contribution in [3.8, 4) is 0 Å². The zero-order chi connectivity index (χ0) is 13.0. The Bertz CT molecular complexity index is 417. The molecule has 0 saturated carbocycles. The average molecular weight is 253 g/mol. The molecule has 1 unspecified atom stereocenters. The van der Waals surface area contributed by atoms with E-state index >= 15 is 0 Å². The van der Waals surface area contributed by atoms with Crippen LogP contribution in [0, 0.1) is 5.92 Å². The van der Waals surface area contributed by atoms with Gasteiger partial charge in [-0.3, -0.25) is 4.79 Å². The van der Waals surface area contributed by atoms with Crippen molar-refractivity contribution in [2.24, 2.45) is 5.92 Å². The molecule has 0 aromatic carbocycles. The number of carboxylic acids is 1. The third kappa shape index (κ3) is 2.87. The summed E-state index contributed by atoms with van der Waals surface area (Å²) in [6.07, 6.45) is 3.04. The summed E-state index contributed by atoms with van der Waals surface area (Å²) in [5.41, 5.74) is 0. The second-order valence-corrected chi connectivity index (χ2v) is 4.58. The number of ether oxygens (including phenoxy) is 1. The number of fused-ring (bicyclic) bond motifs is 1. The summed E-state index contributed by atoms with van der Waals surface area (Å²) < 4.78 is 7.37. The molecule has 0 fully saturated rings. The first-order chi connectivity index (χ1) is 8.72. The van der Waals surface area contributed by atoms with Gasteiger partial charge in [-0.2, -0.15) is 0 Å². The quantitative estimate of drug-likeness (QED) is 0.762. The first kappa shape index (κ1) is 13.0. The highest BCUT2D eigenvalue weighted by Crippen LogP contribution is 2.20. The molecule has 18 heavy (non-hydrogen) atoms. The Hall–Kier alpha value is -1.43. The van der Waals surface area contributed by atoms with Crippen molar-refractivity contribution in [2.45, 2.75) is 39.2 Å². The summed E-state index contributed by atoms with van der Waals surface area (Å²) in [4.78, 5) is 11.0. The molecule has 6 nitrogen and oxygen atoms in total. The number of aryl methyl sites for hydroxylation is 1. The average Bonchev–Trinajstić information content (AvgIpc) is 2.77. The predicted molar refractivity (Wildman–Crippen MR) is 64.3 cm³/mol. The molecule has 1 aromatic heterocycles. The van der Waals surface area contributed by atoms with Crippen LogP contribution in [0.15, 0.2) is 0 Å². The molecule has 1 N–H and O–H groups in total. The van der Waals surface area contributed by atoms with Gasteiger partial charge in [0, 0.05) is 26.0 Å². The molecule has 1 aliphatic rings. The highest BCUT2D eigenvalue weighted by atomic mass is 16.5. The molecule has 2 heterocycles. The van der Waals surface area contributed by atoms with Gasteiger partial charge in [0.2, 0.25) is 0 Å². The minimum atomic E-state index is -0.734. The SMILES string of the molecule is CCCOCCc1nnc2n1CC(C(=O)O)CC2. The van der Waals surface area contributed by atoms with Crippen LogP contribution in [0.25, 0.3) is 0 Å². The number of hydrogen-bond acceptors (Lipinski definition) is 4. The van der Waals surface area contributed by atoms with Crippen molar-refractivity contribution in [3.05, 3.63) is 11.6 Å². The Morgan fingerprint density at radius 1 is 1.50 bits per heavy atom. The second kappa shape index (κ2) is 5.95. The molecule has 1 aliphatic heterocycles. The predicted octanol–water partition coefficient (Wildman–Crippen LogP) is 0.894. The maximum absolute atomic E-state index is 11.0. The van der Waals surface area contributed by atoms with Crippen LogP contribution < -0.4 is 0 Å². The van der Waals surface area contributed by atoms with Crippen LogP contribution in [0.4, 0.5) is 0 Å². The van der Waals surface area contributed by atoms with Gasteiger partial charge in [0.25, 0.3) is 0 Å². The largest absolute Gasteiger partial charge is 0.481 e. The monoisotopic (exact) mass is 253 g/mol. The molecule has 100 valence electrons. The lowest BCUT2D eigenvalue weighted by atomic mass is 9.99. The Morgan fingerprint density at radius 3 is 3.06 bits per heavy atom. The van der Waals surface area contributed by atoms with Crippen LogP contribution in [0.1, 0.15) is 31.4 Å². The van der Waals surface area contributed by atoms with Gasteiger partial charge in [-0.05, 0) is 12.8 Å². The highest BCUT2D eigenvalue weighted by Gasteiger charge is 2.27. The van der Waals surface area contributed by atoms with Gasteiger partial charge in [0.1, 0.15) is 11.6 Å². The van der Waals surface area contributed by atoms with Gasteiger partial charge in [0.05, 0.1) is 12.5 Å². The van der Waals surface area contributed by atoms with Crippen LogP contribution in [0.3, 0.4) is 0 Å². The topological polar surface area (TPSA) is 77.2 Å². The summed E-state index contributed by atoms with van der Waals surface area (Å²) in [7, 11) is 0. The van der Waals surface area contributed by atoms with E-state index in [0.717, 1.165) is 24.7 Å². The summed E-state index contributed by atoms with van der Waals surface area (Å²) in [6.45, 7) is 3.92. The summed E-state index contributed by atoms with van der Waals surface area (Å²) in [5.74, 6) is 0.691. The van der Waals surface area contributed by atoms with E-state index in [1.54, 1.807) is 0 Å². The van der Waals surface area contributed by atoms with Crippen molar-refractivity contribution < 1.29 is 14.6 Å². The Morgan fingerprint density at radius 2 is 2.33 bits per heavy atom. The second-order valence-electron chi connectivity index (χ2n) is 4.58. The van der Waals surface area contributed by atoms with E-state index in [9.17, 15) is 4.79 Å². The lowest BCUT2D eigenvalue weighted by Gasteiger charge is -2.21. The zero-order valence-corrected chi connectivity index (χ0v) is 10.6. The minimum absolute atomic E-state index is 0.316. The number of rotatable bonds is 6. The molecule has 0 bridgehead atoms. The number of hydrogen-bond donors (Lipinski definition) is 1. The van der Waals surface area contributed by atoms with Gasteiger partial charge < -0.3 is 14.4 Å². The minimum Gasteiger partial charge on any atom is -0.481 e. The fraction of sp³-hybridized carbons (Fsp3) is 0.750. The molecular weight excluding hydrogens is 234 g/mol. The first-order valence-electron chi connectivity index (χ1n) is 6.44. The maximum Gasteiger partial charge on any atom is 0.308 e. The number of nitrogens with zero attached hydrogens (tertiary/aromatic N) is 3. The lowest BCUT2D eigenvalue weighted by Crippen LogP contribution is -2.27. The van der Waals surface area contributed by atoms with E-state index in [4.69, 9.17) is 9.84 Å². The molecule has 0 spiro atoms. The normalized spacial score (nSPS) is 18.6. The third-order valence-corrected chi connectivity index (χ3v) is 3.19. The summed E-state index contributed by atoms with van der Waals surface area (Å²) >= 11 is 0. The molecule has 0 radical (unpaired) electrons. The number of aromatic nitrogens is 3. The fourth-order valence-electron chi connectivity index (χ4n) is 2.18. The van der Waals surface area contributed by atoms with E-state index in [1.807, 2.05) is 4.57 Å². The van der Waals surface area contributed by atoms with Crippen molar-refractivity contribution in [1.82, 2.24) is 14.8 Å². The lowest BCUT2D eigenvalue weighted by molar-refractivity contribution is -0.142. The summed E-state index contributed by atoms with van der Waals surface area (Å²) in [5, 5.41) is 17.3. The molecule has 0 aliphatic carbocycles. The smallest absolute Gasteiger partial charge is 0.308 e. The molecule has 6 heteroatoms. The van der Waals surface area contributed by atoms with Gasteiger partial charge >= 0.3 is 5.97 Å². The number of aliphatic carboxylic acids is 1. The molecule has 2 rings (SSSR count). The van der Waals surface area contributed by atoms with E-state index in [-0.39, 0.29) is 5.92 Å². The van der Waals surface area contributed by atoms with Gasteiger partial charge in [-0.1, -0.05) is 6.92 Å². The van der Waals surface area contributed by atoms with Crippen molar-refractivity contribution >= 4 is 5.97 Å². The maximum atomic E-state index is 11.0. The highest BCUT2D eigenvalue weighted by molar-refractivity contribution is 5.70. The summed E-state index contributed by atoms with van der Waals surface area (Å²) in [6, 6.07) is 0. The Balaban J connectivity index is 1.97. The van der Waals surface area contributed by atoms with Crippen molar-refractivity contribution in [2.75, 3.05) is 13.2 Å². The fourth-order valence-corrected chi connectivity index (χ4v) is 2.18. The van der Waals surface area contributed by atoms with Gasteiger partial charge in [0.15, 0.2) is 0 Å². The van der Waals surface area contributed by atoms with Crippen LogP contribution in [-0.4, -0.2) is 39.1 Å². The first-order valence-corrected chi connectivity index (χ1v) is 6.44. The van der Waals surface area contributed by atoms with Crippen LogP contribution >= 0.6 is 0 Å². The van der Waals surface area contributed by atoms with Crippen molar-refractivity contribution in [1.29, 1.82) is 0 Å². The van der Waals surface area contributed by atoms with Crippen LogP contribution in [-0.2, 0) is 28.9 Å². The zero-order valence-electron chi connectivity index (χ0n) is 10.6. The van der Waals surface area contributed by atoms with Gasteiger partial charge in [-0.25, -0.2) is 0 Å². The van der Waals surface area contributed by atoms with Gasteiger partial charge in [-0.15, -0.1) is 10.2 Å². The Labute approximate surface area is 106 Å².